The molecule has 2 N–H and O–H groups in total. The molecule has 3 aromatic rings. The zero-order valence-corrected chi connectivity index (χ0v) is 19.8. The minimum atomic E-state index is -0.396. The van der Waals surface area contributed by atoms with Crippen LogP contribution in [0.25, 0.3) is 0 Å². The lowest BCUT2D eigenvalue weighted by Gasteiger charge is -2.23. The highest BCUT2D eigenvalue weighted by atomic mass is 35.5. The van der Waals surface area contributed by atoms with E-state index >= 15 is 0 Å². The van der Waals surface area contributed by atoms with Gasteiger partial charge in [-0.1, -0.05) is 66.2 Å². The Morgan fingerprint density at radius 1 is 0.939 bits per heavy atom. The van der Waals surface area contributed by atoms with Crippen LogP contribution in [0.5, 0.6) is 5.75 Å². The van der Waals surface area contributed by atoms with Gasteiger partial charge in [-0.2, -0.15) is 0 Å². The summed E-state index contributed by atoms with van der Waals surface area (Å²) < 4.78 is 10.0. The predicted octanol–water partition coefficient (Wildman–Crippen LogP) is 4.94. The minimum absolute atomic E-state index is 0.0886. The summed E-state index contributed by atoms with van der Waals surface area (Å²) in [5.41, 5.74) is 3.59. The normalized spacial score (nSPS) is 12.7. The zero-order valence-electron chi connectivity index (χ0n) is 19.1. The maximum absolute atomic E-state index is 11.2. The molecule has 2 atom stereocenters. The monoisotopic (exact) mass is 466 g/mol. The third kappa shape index (κ3) is 8.54. The van der Waals surface area contributed by atoms with Crippen LogP contribution in [0.4, 0.5) is 0 Å². The van der Waals surface area contributed by atoms with Gasteiger partial charge in [-0.25, -0.2) is 4.79 Å². The molecule has 0 aliphatic carbocycles. The van der Waals surface area contributed by atoms with Gasteiger partial charge in [0.1, 0.15) is 5.75 Å². The number of carbonyl (C=O) groups excluding carboxylic acids is 1. The smallest absolute Gasteiger partial charge is 0.343 e. The summed E-state index contributed by atoms with van der Waals surface area (Å²) in [6.45, 7) is 3.64. The molecule has 0 saturated heterocycles. The number of benzene rings is 3. The Labute approximate surface area is 201 Å². The van der Waals surface area contributed by atoms with Gasteiger partial charge in [0.25, 0.3) is 0 Å². The van der Waals surface area contributed by atoms with Gasteiger partial charge in [-0.3, -0.25) is 0 Å². The topological polar surface area (TPSA) is 59.6 Å². The van der Waals surface area contributed by atoms with Crippen molar-refractivity contribution < 1.29 is 14.3 Å². The molecule has 0 saturated carbocycles. The van der Waals surface area contributed by atoms with Crippen LogP contribution in [0, 0.1) is 0 Å². The molecular weight excluding hydrogens is 436 g/mol. The third-order valence-corrected chi connectivity index (χ3v) is 5.60. The number of ether oxygens (including phenoxy) is 2. The van der Waals surface area contributed by atoms with Crippen molar-refractivity contribution in [1.82, 2.24) is 10.6 Å². The molecule has 0 aliphatic rings. The molecule has 6 heteroatoms. The Morgan fingerprint density at radius 2 is 1.70 bits per heavy atom. The second-order valence-electron chi connectivity index (χ2n) is 8.00. The second-order valence-corrected chi connectivity index (χ2v) is 8.43. The van der Waals surface area contributed by atoms with E-state index in [-0.39, 0.29) is 18.7 Å². The number of esters is 1. The van der Waals surface area contributed by atoms with Crippen molar-refractivity contribution in [3.05, 3.63) is 101 Å². The summed E-state index contributed by atoms with van der Waals surface area (Å²) in [4.78, 5) is 11.2. The summed E-state index contributed by atoms with van der Waals surface area (Å²) in [6, 6.07) is 26.6. The summed E-state index contributed by atoms with van der Waals surface area (Å²) in [6.07, 6.45) is 0.873. The molecule has 3 aromatic carbocycles. The van der Waals surface area contributed by atoms with Gasteiger partial charge in [0, 0.05) is 30.2 Å². The third-order valence-electron chi connectivity index (χ3n) is 5.37. The lowest BCUT2D eigenvalue weighted by Crippen LogP contribution is -2.37. The Kier molecular flexibility index (Phi) is 9.76. The molecular formula is C27H31ClN2O3. The van der Waals surface area contributed by atoms with Gasteiger partial charge in [0.15, 0.2) is 6.61 Å². The van der Waals surface area contributed by atoms with Gasteiger partial charge in [0.05, 0.1) is 7.11 Å². The van der Waals surface area contributed by atoms with Crippen molar-refractivity contribution in [2.75, 3.05) is 20.3 Å². The van der Waals surface area contributed by atoms with Gasteiger partial charge in [-0.15, -0.1) is 0 Å². The Morgan fingerprint density at radius 3 is 2.39 bits per heavy atom. The maximum atomic E-state index is 11.2. The number of rotatable bonds is 12. The maximum Gasteiger partial charge on any atom is 0.343 e. The molecule has 0 fully saturated rings. The first-order valence-corrected chi connectivity index (χ1v) is 11.5. The highest BCUT2D eigenvalue weighted by molar-refractivity contribution is 6.30. The number of halogens is 1. The highest BCUT2D eigenvalue weighted by Crippen LogP contribution is 2.19. The van der Waals surface area contributed by atoms with E-state index in [9.17, 15) is 4.79 Å². The van der Waals surface area contributed by atoms with Crippen LogP contribution in [-0.4, -0.2) is 32.3 Å². The highest BCUT2D eigenvalue weighted by Gasteiger charge is 2.14. The van der Waals surface area contributed by atoms with Crippen LogP contribution in [0.2, 0.25) is 5.02 Å². The zero-order chi connectivity index (χ0) is 23.5. The van der Waals surface area contributed by atoms with E-state index in [1.165, 1.54) is 18.2 Å². The van der Waals surface area contributed by atoms with Crippen molar-refractivity contribution in [3.63, 3.8) is 0 Å². The molecule has 33 heavy (non-hydrogen) atoms. The summed E-state index contributed by atoms with van der Waals surface area (Å²) in [5, 5.41) is 8.05. The quantitative estimate of drug-likeness (QED) is 0.370. The van der Waals surface area contributed by atoms with Crippen molar-refractivity contribution in [1.29, 1.82) is 0 Å². The first kappa shape index (κ1) is 24.8. The van der Waals surface area contributed by atoms with Gasteiger partial charge < -0.3 is 20.1 Å². The Hall–Kier alpha value is -2.86. The summed E-state index contributed by atoms with van der Waals surface area (Å²) in [5.74, 6) is 0.253. The van der Waals surface area contributed by atoms with E-state index in [0.717, 1.165) is 30.1 Å². The average molecular weight is 467 g/mol. The van der Waals surface area contributed by atoms with E-state index in [1.54, 1.807) is 0 Å². The van der Waals surface area contributed by atoms with Crippen LogP contribution >= 0.6 is 11.6 Å². The fourth-order valence-electron chi connectivity index (χ4n) is 3.54. The first-order chi connectivity index (χ1) is 16.0. The van der Waals surface area contributed by atoms with E-state index in [4.69, 9.17) is 16.3 Å². The molecule has 2 unspecified atom stereocenters. The SMILES string of the molecule is COC(=O)COc1ccc(CC(C)NCC(NCc2ccccc2)c2cccc(Cl)c2)cc1. The van der Waals surface area contributed by atoms with Crippen molar-refractivity contribution >= 4 is 17.6 Å². The lowest BCUT2D eigenvalue weighted by atomic mass is 10.0. The van der Waals surface area contributed by atoms with Gasteiger partial charge in [-0.05, 0) is 54.3 Å². The van der Waals surface area contributed by atoms with Crippen LogP contribution in [0.3, 0.4) is 0 Å². The number of hydrogen-bond acceptors (Lipinski definition) is 5. The van der Waals surface area contributed by atoms with Crippen LogP contribution in [0.1, 0.15) is 29.7 Å². The second kappa shape index (κ2) is 13.0. The molecule has 0 bridgehead atoms. The lowest BCUT2D eigenvalue weighted by molar-refractivity contribution is -0.142. The molecule has 0 amide bonds. The van der Waals surface area contributed by atoms with Crippen LogP contribution < -0.4 is 15.4 Å². The number of methoxy groups -OCH3 is 1. The van der Waals surface area contributed by atoms with E-state index < -0.39 is 5.97 Å². The molecule has 0 heterocycles. The van der Waals surface area contributed by atoms with Crippen molar-refractivity contribution in [2.45, 2.75) is 32.0 Å². The van der Waals surface area contributed by atoms with Crippen molar-refractivity contribution in [2.24, 2.45) is 0 Å². The minimum Gasteiger partial charge on any atom is -0.482 e. The van der Waals surface area contributed by atoms with E-state index in [2.05, 4.69) is 52.6 Å². The molecule has 0 aliphatic heterocycles. The fourth-order valence-corrected chi connectivity index (χ4v) is 3.73. The molecule has 0 spiro atoms. The number of carbonyl (C=O) groups is 1. The fraction of sp³-hybridized carbons (Fsp3) is 0.296. The molecule has 5 nitrogen and oxygen atoms in total. The van der Waals surface area contributed by atoms with Gasteiger partial charge in [0.2, 0.25) is 0 Å². The molecule has 0 radical (unpaired) electrons. The predicted molar refractivity (Wildman–Crippen MR) is 133 cm³/mol. The van der Waals surface area contributed by atoms with E-state index in [1.807, 2.05) is 48.5 Å². The molecule has 174 valence electrons. The van der Waals surface area contributed by atoms with Gasteiger partial charge >= 0.3 is 5.97 Å². The van der Waals surface area contributed by atoms with E-state index in [0.29, 0.717) is 5.75 Å². The number of hydrogen-bond donors (Lipinski definition) is 2. The summed E-state index contributed by atoms with van der Waals surface area (Å²) >= 11 is 6.25. The average Bonchev–Trinajstić information content (AvgIpc) is 2.84. The standard InChI is InChI=1S/C27H31ClN2O3/c1-20(15-21-11-13-25(14-12-21)33-19-27(31)32-2)29-18-26(23-9-6-10-24(28)16-23)30-17-22-7-4-3-5-8-22/h3-14,16,20,26,29-30H,15,17-19H2,1-2H3. The first-order valence-electron chi connectivity index (χ1n) is 11.1. The Bertz CT molecular complexity index is 996. The molecule has 0 aromatic heterocycles. The largest absolute Gasteiger partial charge is 0.482 e. The number of nitrogens with one attached hydrogen (secondary N) is 2. The summed E-state index contributed by atoms with van der Waals surface area (Å²) in [7, 11) is 1.34. The van der Waals surface area contributed by atoms with Crippen molar-refractivity contribution in [3.8, 4) is 5.75 Å². The molecule has 3 rings (SSSR count). The van der Waals surface area contributed by atoms with Crippen LogP contribution in [0.15, 0.2) is 78.9 Å². The Balaban J connectivity index is 1.55. The van der Waals surface area contributed by atoms with Crippen LogP contribution in [-0.2, 0) is 22.5 Å².